The number of fused-ring (bicyclic) bond motifs is 1. The summed E-state index contributed by atoms with van der Waals surface area (Å²) in [6, 6.07) is -0.0196. The number of aliphatic hydroxyl groups is 1. The van der Waals surface area contributed by atoms with Gasteiger partial charge >= 0.3 is 0 Å². The van der Waals surface area contributed by atoms with Crippen LogP contribution in [0.15, 0.2) is 12.4 Å². The van der Waals surface area contributed by atoms with Crippen molar-refractivity contribution >= 4 is 22.6 Å². The fraction of sp³-hybridized carbons (Fsp3) is 0.632. The number of aromatic nitrogens is 3. The summed E-state index contributed by atoms with van der Waals surface area (Å²) in [7, 11) is 0. The second-order valence-electron chi connectivity index (χ2n) is 6.72. The summed E-state index contributed by atoms with van der Waals surface area (Å²) in [6.45, 7) is 8.73. The van der Waals surface area contributed by atoms with E-state index in [9.17, 15) is 9.90 Å². The number of amides is 1. The molecule has 0 aliphatic rings. The molecule has 0 radical (unpaired) electrons. The van der Waals surface area contributed by atoms with Crippen LogP contribution in [0, 0.1) is 0 Å². The molecule has 26 heavy (non-hydrogen) atoms. The number of aryl methyl sites for hydroxylation is 1. The van der Waals surface area contributed by atoms with Gasteiger partial charge in [-0.05, 0) is 26.7 Å². The summed E-state index contributed by atoms with van der Waals surface area (Å²) in [5.41, 5.74) is 2.04. The highest BCUT2D eigenvalue weighted by Crippen LogP contribution is 2.28. The largest absolute Gasteiger partial charge is 0.394 e. The molecule has 2 heterocycles. The minimum absolute atomic E-state index is 0.105. The highest BCUT2D eigenvalue weighted by Gasteiger charge is 2.21. The van der Waals surface area contributed by atoms with Gasteiger partial charge in [0.1, 0.15) is 0 Å². The van der Waals surface area contributed by atoms with Gasteiger partial charge in [-0.3, -0.25) is 4.79 Å². The molecule has 7 heteroatoms. The lowest BCUT2D eigenvalue weighted by molar-refractivity contribution is 0.0923. The predicted octanol–water partition coefficient (Wildman–Crippen LogP) is 2.94. The van der Waals surface area contributed by atoms with Gasteiger partial charge in [-0.2, -0.15) is 5.10 Å². The molecule has 1 unspecified atom stereocenters. The quantitative estimate of drug-likeness (QED) is 0.605. The fourth-order valence-corrected chi connectivity index (χ4v) is 3.12. The number of rotatable bonds is 10. The van der Waals surface area contributed by atoms with E-state index in [0.29, 0.717) is 11.6 Å². The van der Waals surface area contributed by atoms with Gasteiger partial charge in [0.05, 0.1) is 29.4 Å². The van der Waals surface area contributed by atoms with Crippen LogP contribution < -0.4 is 10.6 Å². The van der Waals surface area contributed by atoms with Crippen LogP contribution in [-0.2, 0) is 6.54 Å². The third-order valence-electron chi connectivity index (χ3n) is 4.48. The van der Waals surface area contributed by atoms with Gasteiger partial charge in [0.15, 0.2) is 5.65 Å². The number of hydrogen-bond donors (Lipinski definition) is 3. The molecule has 0 aliphatic carbocycles. The maximum absolute atomic E-state index is 12.7. The van der Waals surface area contributed by atoms with Crippen LogP contribution in [-0.4, -0.2) is 44.5 Å². The first-order chi connectivity index (χ1) is 12.5. The van der Waals surface area contributed by atoms with E-state index in [-0.39, 0.29) is 18.6 Å². The summed E-state index contributed by atoms with van der Waals surface area (Å²) in [5, 5.41) is 20.9. The number of hydrogen-bond acceptors (Lipinski definition) is 5. The molecule has 2 aromatic rings. The molecule has 2 rings (SSSR count). The van der Waals surface area contributed by atoms with Crippen molar-refractivity contribution in [2.45, 2.75) is 72.0 Å². The van der Waals surface area contributed by atoms with E-state index < -0.39 is 0 Å². The monoisotopic (exact) mass is 361 g/mol. The molecule has 0 bridgehead atoms. The van der Waals surface area contributed by atoms with Crippen LogP contribution in [0.1, 0.15) is 63.7 Å². The lowest BCUT2D eigenvalue weighted by Gasteiger charge is -2.22. The van der Waals surface area contributed by atoms with Crippen molar-refractivity contribution in [2.75, 3.05) is 11.9 Å². The number of nitrogens with zero attached hydrogens (tertiary/aromatic N) is 3. The van der Waals surface area contributed by atoms with Crippen LogP contribution in [0.25, 0.3) is 11.0 Å². The summed E-state index contributed by atoms with van der Waals surface area (Å²) in [4.78, 5) is 17.2. The zero-order chi connectivity index (χ0) is 19.1. The number of nitrogens with one attached hydrogen (secondary N) is 2. The Bertz CT molecular complexity index is 722. The van der Waals surface area contributed by atoms with Crippen molar-refractivity contribution < 1.29 is 9.90 Å². The molecule has 0 aromatic carbocycles. The Kier molecular flexibility index (Phi) is 7.38. The molecule has 0 saturated carbocycles. The topological polar surface area (TPSA) is 92.1 Å². The molecule has 0 saturated heterocycles. The second kappa shape index (κ2) is 9.52. The molecule has 1 atom stereocenters. The van der Waals surface area contributed by atoms with Crippen molar-refractivity contribution in [2.24, 2.45) is 0 Å². The van der Waals surface area contributed by atoms with E-state index in [1.807, 2.05) is 11.6 Å². The Morgan fingerprint density at radius 3 is 2.50 bits per heavy atom. The first-order valence-electron chi connectivity index (χ1n) is 9.58. The number of anilines is 1. The number of aliphatic hydroxyl groups excluding tert-OH is 1. The average molecular weight is 361 g/mol. The standard InChI is InChI=1S/C19H31N5O2/c1-5-8-14(9-6-2)23-17-15-11-21-24(7-3)18(15)20-10-16(17)19(26)22-13(4)12-25/h10-11,13-14,25H,5-9,12H2,1-4H3,(H,20,23)(H,22,26). The minimum atomic E-state index is -0.313. The van der Waals surface area contributed by atoms with Crippen molar-refractivity contribution in [1.82, 2.24) is 20.1 Å². The highest BCUT2D eigenvalue weighted by molar-refractivity contribution is 6.06. The van der Waals surface area contributed by atoms with Gasteiger partial charge in [-0.1, -0.05) is 26.7 Å². The molecule has 0 spiro atoms. The smallest absolute Gasteiger partial charge is 0.255 e. The molecule has 2 aromatic heterocycles. The van der Waals surface area contributed by atoms with Crippen LogP contribution in [0.4, 0.5) is 5.69 Å². The fourth-order valence-electron chi connectivity index (χ4n) is 3.12. The summed E-state index contributed by atoms with van der Waals surface area (Å²) in [5.74, 6) is -0.237. The van der Waals surface area contributed by atoms with Crippen molar-refractivity contribution in [3.63, 3.8) is 0 Å². The Morgan fingerprint density at radius 2 is 1.92 bits per heavy atom. The molecule has 0 fully saturated rings. The van der Waals surface area contributed by atoms with E-state index >= 15 is 0 Å². The average Bonchev–Trinajstić information content (AvgIpc) is 3.05. The van der Waals surface area contributed by atoms with Gasteiger partial charge < -0.3 is 15.7 Å². The molecular weight excluding hydrogens is 330 g/mol. The number of carbonyl (C=O) groups excluding carboxylic acids is 1. The van der Waals surface area contributed by atoms with Gasteiger partial charge in [-0.25, -0.2) is 9.67 Å². The Hall–Kier alpha value is -2.15. The number of pyridine rings is 1. The molecule has 7 nitrogen and oxygen atoms in total. The third-order valence-corrected chi connectivity index (χ3v) is 4.48. The van der Waals surface area contributed by atoms with Crippen molar-refractivity contribution in [1.29, 1.82) is 0 Å². The van der Waals surface area contributed by atoms with Crippen LogP contribution in [0.2, 0.25) is 0 Å². The Labute approximate surface area is 155 Å². The summed E-state index contributed by atoms with van der Waals surface area (Å²) < 4.78 is 1.83. The zero-order valence-electron chi connectivity index (χ0n) is 16.2. The third kappa shape index (κ3) is 4.52. The second-order valence-corrected chi connectivity index (χ2v) is 6.72. The minimum Gasteiger partial charge on any atom is -0.394 e. The van der Waals surface area contributed by atoms with Crippen LogP contribution in [0.3, 0.4) is 0 Å². The molecule has 1 amide bonds. The SMILES string of the molecule is CCCC(CCC)Nc1c(C(=O)NC(C)CO)cnc2c1cnn2CC. The van der Waals surface area contributed by atoms with Gasteiger partial charge in [0, 0.05) is 24.8 Å². The zero-order valence-corrected chi connectivity index (χ0v) is 16.2. The van der Waals surface area contributed by atoms with E-state index in [0.717, 1.165) is 48.9 Å². The molecule has 3 N–H and O–H groups in total. The Morgan fingerprint density at radius 1 is 1.23 bits per heavy atom. The molecule has 144 valence electrons. The maximum atomic E-state index is 12.7. The van der Waals surface area contributed by atoms with Crippen LogP contribution in [0.5, 0.6) is 0 Å². The number of carbonyl (C=O) groups is 1. The maximum Gasteiger partial charge on any atom is 0.255 e. The van der Waals surface area contributed by atoms with E-state index in [1.54, 1.807) is 19.3 Å². The summed E-state index contributed by atoms with van der Waals surface area (Å²) in [6.07, 6.45) is 7.59. The van der Waals surface area contributed by atoms with Crippen LogP contribution >= 0.6 is 0 Å². The predicted molar refractivity (Wildman–Crippen MR) is 104 cm³/mol. The first kappa shape index (κ1) is 20.2. The van der Waals surface area contributed by atoms with Gasteiger partial charge in [-0.15, -0.1) is 0 Å². The lowest BCUT2D eigenvalue weighted by Crippen LogP contribution is -2.35. The van der Waals surface area contributed by atoms with E-state index in [1.165, 1.54) is 0 Å². The molecule has 0 aliphatic heterocycles. The molecular formula is C19H31N5O2. The van der Waals surface area contributed by atoms with Gasteiger partial charge in [0.25, 0.3) is 5.91 Å². The van der Waals surface area contributed by atoms with E-state index in [2.05, 4.69) is 34.6 Å². The summed E-state index contributed by atoms with van der Waals surface area (Å²) >= 11 is 0. The highest BCUT2D eigenvalue weighted by atomic mass is 16.3. The van der Waals surface area contributed by atoms with Gasteiger partial charge in [0.2, 0.25) is 0 Å². The Balaban J connectivity index is 2.47. The lowest BCUT2D eigenvalue weighted by atomic mass is 10.0. The normalized spacial score (nSPS) is 12.5. The van der Waals surface area contributed by atoms with Crippen molar-refractivity contribution in [3.05, 3.63) is 18.0 Å². The first-order valence-corrected chi connectivity index (χ1v) is 9.58. The van der Waals surface area contributed by atoms with E-state index in [4.69, 9.17) is 0 Å². The van der Waals surface area contributed by atoms with Crippen molar-refractivity contribution in [3.8, 4) is 0 Å².